The van der Waals surface area contributed by atoms with E-state index in [0.29, 0.717) is 0 Å². The molecule has 2 aromatic rings. The van der Waals surface area contributed by atoms with E-state index >= 15 is 0 Å². The Morgan fingerprint density at radius 1 is 1.17 bits per heavy atom. The molecule has 0 radical (unpaired) electrons. The number of ketones is 1. The topological polar surface area (TPSA) is 115 Å². The number of nitrogens with zero attached hydrogens (tertiary/aromatic N) is 2. The van der Waals surface area contributed by atoms with E-state index < -0.39 is 24.5 Å². The van der Waals surface area contributed by atoms with E-state index in [4.69, 9.17) is 10.1 Å². The van der Waals surface area contributed by atoms with Crippen LogP contribution in [-0.2, 0) is 4.79 Å². The van der Waals surface area contributed by atoms with Crippen LogP contribution < -0.4 is 5.32 Å². The van der Waals surface area contributed by atoms with E-state index in [2.05, 4.69) is 22.4 Å². The number of benzene rings is 2. The molecule has 4 N–H and O–H groups in total. The predicted octanol–water partition coefficient (Wildman–Crippen LogP) is 1.51. The lowest BCUT2D eigenvalue weighted by atomic mass is 9.90. The van der Waals surface area contributed by atoms with Gasteiger partial charge in [0.15, 0.2) is 12.0 Å². The highest BCUT2D eigenvalue weighted by atomic mass is 16.3. The molecular formula is C22H21N3O4. The normalized spacial score (nSPS) is 21.8. The van der Waals surface area contributed by atoms with Crippen molar-refractivity contribution in [2.45, 2.75) is 12.3 Å². The van der Waals surface area contributed by atoms with Gasteiger partial charge in [-0.1, -0.05) is 42.5 Å². The van der Waals surface area contributed by atoms with Crippen LogP contribution in [0.1, 0.15) is 5.56 Å². The first kappa shape index (κ1) is 19.2. The van der Waals surface area contributed by atoms with E-state index in [1.54, 1.807) is 6.21 Å². The Morgan fingerprint density at radius 2 is 1.97 bits per heavy atom. The molecule has 2 aromatic carbocycles. The number of fused-ring (bicyclic) bond motifs is 2. The van der Waals surface area contributed by atoms with Gasteiger partial charge in [-0.15, -0.1) is 0 Å². The quantitative estimate of drug-likeness (QED) is 0.557. The van der Waals surface area contributed by atoms with Crippen molar-refractivity contribution in [1.82, 2.24) is 5.32 Å². The summed E-state index contributed by atoms with van der Waals surface area (Å²) in [6.45, 7) is -0.841. The van der Waals surface area contributed by atoms with Crippen molar-refractivity contribution in [3.8, 4) is 0 Å². The highest BCUT2D eigenvalue weighted by Crippen LogP contribution is 2.30. The molecule has 0 amide bonds. The maximum absolute atomic E-state index is 11.2. The maximum atomic E-state index is 11.2. The molecule has 0 saturated heterocycles. The molecule has 2 aliphatic heterocycles. The molecule has 2 aliphatic rings. The minimum atomic E-state index is -1.32. The largest absolute Gasteiger partial charge is 0.510 e. The fourth-order valence-corrected chi connectivity index (χ4v) is 3.46. The molecule has 7 nitrogen and oxygen atoms in total. The Hall–Kier alpha value is -3.13. The van der Waals surface area contributed by atoms with E-state index in [1.165, 1.54) is 0 Å². The number of allylic oxidation sites excluding steroid dienone is 1. The zero-order valence-corrected chi connectivity index (χ0v) is 15.6. The van der Waals surface area contributed by atoms with Gasteiger partial charge in [-0.3, -0.25) is 20.1 Å². The molecule has 0 bridgehead atoms. The number of aliphatic imine (C=N–C) groups is 2. The monoisotopic (exact) mass is 391 g/mol. The molecule has 3 atom stereocenters. The average Bonchev–Trinajstić information content (AvgIpc) is 2.76. The number of nitrogens with one attached hydrogen (secondary N) is 1. The van der Waals surface area contributed by atoms with Crippen LogP contribution in [-0.4, -0.2) is 58.5 Å². The lowest BCUT2D eigenvalue weighted by Crippen LogP contribution is -2.39. The molecule has 2 heterocycles. The Bertz CT molecular complexity index is 1070. The standard InChI is InChI=1S/C22H21N3O4/c26-12-16(27)10-24-22(29)20-21(28)17-7-8-18(25-19(17)11-23-20)15-6-5-13-3-1-2-4-14(13)9-15/h1-9,11,17,19,22,24,26,28-29H,10,12H2. The summed E-state index contributed by atoms with van der Waals surface area (Å²) in [5, 5.41) is 34.3. The van der Waals surface area contributed by atoms with Gasteiger partial charge in [-0.05, 0) is 22.9 Å². The number of Topliss-reactive ketones (excluding diaryl/α,β-unsaturated/α-hetero) is 1. The summed E-state index contributed by atoms with van der Waals surface area (Å²) in [4.78, 5) is 20.1. The Morgan fingerprint density at radius 3 is 2.76 bits per heavy atom. The number of carbonyl (C=O) groups is 1. The second-order valence-electron chi connectivity index (χ2n) is 6.98. The summed E-state index contributed by atoms with van der Waals surface area (Å²) in [6, 6.07) is 13.9. The van der Waals surface area contributed by atoms with Crippen molar-refractivity contribution in [3.05, 3.63) is 71.6 Å². The Labute approximate surface area is 167 Å². The third-order valence-electron chi connectivity index (χ3n) is 5.04. The van der Waals surface area contributed by atoms with Crippen LogP contribution in [0.5, 0.6) is 0 Å². The molecule has 7 heteroatoms. The molecule has 0 aromatic heterocycles. The van der Waals surface area contributed by atoms with Crippen molar-refractivity contribution < 1.29 is 20.1 Å². The van der Waals surface area contributed by atoms with Gasteiger partial charge in [0.25, 0.3) is 0 Å². The first-order valence-electron chi connectivity index (χ1n) is 9.33. The van der Waals surface area contributed by atoms with Gasteiger partial charge in [0.05, 0.1) is 24.2 Å². The third-order valence-corrected chi connectivity index (χ3v) is 5.04. The highest BCUT2D eigenvalue weighted by molar-refractivity contribution is 6.11. The summed E-state index contributed by atoms with van der Waals surface area (Å²) < 4.78 is 0. The maximum Gasteiger partial charge on any atom is 0.171 e. The van der Waals surface area contributed by atoms with Crippen LogP contribution >= 0.6 is 0 Å². The summed E-state index contributed by atoms with van der Waals surface area (Å²) in [5.74, 6) is -0.993. The molecule has 0 aliphatic carbocycles. The minimum Gasteiger partial charge on any atom is -0.510 e. The fraction of sp³-hybridized carbons (Fsp3) is 0.227. The van der Waals surface area contributed by atoms with Crippen molar-refractivity contribution in [2.75, 3.05) is 13.2 Å². The van der Waals surface area contributed by atoms with Gasteiger partial charge >= 0.3 is 0 Å². The zero-order chi connectivity index (χ0) is 20.4. The van der Waals surface area contributed by atoms with Gasteiger partial charge in [0.2, 0.25) is 0 Å². The van der Waals surface area contributed by atoms with Crippen LogP contribution in [0.25, 0.3) is 10.8 Å². The smallest absolute Gasteiger partial charge is 0.171 e. The molecule has 29 heavy (non-hydrogen) atoms. The van der Waals surface area contributed by atoms with Gasteiger partial charge in [0.1, 0.15) is 18.1 Å². The van der Waals surface area contributed by atoms with E-state index in [0.717, 1.165) is 22.0 Å². The van der Waals surface area contributed by atoms with Gasteiger partial charge in [-0.2, -0.15) is 0 Å². The number of aliphatic hydroxyl groups is 3. The molecule has 0 fully saturated rings. The summed E-state index contributed by atoms with van der Waals surface area (Å²) in [7, 11) is 0. The highest BCUT2D eigenvalue weighted by Gasteiger charge is 2.32. The molecular weight excluding hydrogens is 370 g/mol. The minimum absolute atomic E-state index is 0.0472. The molecule has 0 spiro atoms. The van der Waals surface area contributed by atoms with Gasteiger partial charge in [0, 0.05) is 11.8 Å². The fourth-order valence-electron chi connectivity index (χ4n) is 3.46. The molecule has 4 rings (SSSR count). The van der Waals surface area contributed by atoms with Crippen molar-refractivity contribution in [1.29, 1.82) is 0 Å². The van der Waals surface area contributed by atoms with Crippen molar-refractivity contribution in [3.63, 3.8) is 0 Å². The van der Waals surface area contributed by atoms with Crippen molar-refractivity contribution >= 4 is 28.5 Å². The lowest BCUT2D eigenvalue weighted by molar-refractivity contribution is -0.121. The first-order valence-corrected chi connectivity index (χ1v) is 9.33. The summed E-state index contributed by atoms with van der Waals surface area (Å²) in [6.07, 6.45) is 3.96. The predicted molar refractivity (Wildman–Crippen MR) is 111 cm³/mol. The Balaban J connectivity index is 1.54. The second-order valence-corrected chi connectivity index (χ2v) is 6.98. The molecule has 148 valence electrons. The number of rotatable bonds is 6. The summed E-state index contributed by atoms with van der Waals surface area (Å²) >= 11 is 0. The van der Waals surface area contributed by atoms with Crippen LogP contribution in [0.3, 0.4) is 0 Å². The zero-order valence-electron chi connectivity index (χ0n) is 15.6. The van der Waals surface area contributed by atoms with E-state index in [-0.39, 0.29) is 24.0 Å². The van der Waals surface area contributed by atoms with Crippen LogP contribution in [0.2, 0.25) is 0 Å². The lowest BCUT2D eigenvalue weighted by Gasteiger charge is -2.28. The van der Waals surface area contributed by atoms with Crippen LogP contribution in [0, 0.1) is 5.92 Å². The first-order chi connectivity index (χ1) is 14.1. The van der Waals surface area contributed by atoms with Gasteiger partial charge < -0.3 is 15.3 Å². The number of carbonyl (C=O) groups excluding carboxylic acids is 1. The number of hydrogen-bond donors (Lipinski definition) is 4. The van der Waals surface area contributed by atoms with E-state index in [9.17, 15) is 15.0 Å². The number of hydrogen-bond acceptors (Lipinski definition) is 7. The molecule has 3 unspecified atom stereocenters. The Kier molecular flexibility index (Phi) is 5.35. The number of dihydropyridines is 1. The molecule has 0 saturated carbocycles. The van der Waals surface area contributed by atoms with Crippen LogP contribution in [0.15, 0.2) is 76.1 Å². The van der Waals surface area contributed by atoms with Crippen LogP contribution in [0.4, 0.5) is 0 Å². The SMILES string of the molecule is O=C(CO)CNC(O)C1=C(O)C2C=CC(c3ccc4ccccc4c3)=NC2C=N1. The van der Waals surface area contributed by atoms with E-state index in [1.807, 2.05) is 42.5 Å². The number of aliphatic hydroxyl groups excluding tert-OH is 3. The van der Waals surface area contributed by atoms with Crippen molar-refractivity contribution in [2.24, 2.45) is 15.9 Å². The second kappa shape index (κ2) is 8.08. The third kappa shape index (κ3) is 3.88. The average molecular weight is 391 g/mol. The summed E-state index contributed by atoms with van der Waals surface area (Å²) in [5.41, 5.74) is 1.82. The van der Waals surface area contributed by atoms with Gasteiger partial charge in [-0.25, -0.2) is 0 Å².